The standard InChI is InChI=1S/C43H80N16O12/c1-20(2)17-25(44)35(64)55-27(12-10-16-51-43(48)49)37(66)56-26(11-9-15-50-42(46)47)36(65)52-23(7)34(63)58-30(19-60)39(68)59-32(22(5)6)40(69)53-24(8)33(62)54-28(13-14-31(45)61)38(67)57-29(41(70)71)18-21(3)4/h20-30,32,60H,9-19,44H2,1-8H3,(H2,45,61)(H,52,65)(H,53,69)(H,54,62)(H,55,64)(H,56,66)(H,57,67)(H,58,63)(H,59,68)(H,70,71)(H4,46,47,50)(H4,48,49,51)/t23-,24-,25-,26-,27-,28-,29-,30-,32-/m0/s1. The Kier molecular flexibility index (Phi) is 29.7. The van der Waals surface area contributed by atoms with Gasteiger partial charge in [0, 0.05) is 19.5 Å². The number of nitrogens with two attached hydrogens (primary N) is 6. The Hall–Kier alpha value is -6.84. The van der Waals surface area contributed by atoms with Gasteiger partial charge in [-0.25, -0.2) is 4.79 Å². The number of carboxylic acids is 1. The van der Waals surface area contributed by atoms with Crippen LogP contribution in [-0.4, -0.2) is 155 Å². The average molecular weight is 1010 g/mol. The van der Waals surface area contributed by atoms with Crippen molar-refractivity contribution in [1.82, 2.24) is 42.5 Å². The van der Waals surface area contributed by atoms with Crippen molar-refractivity contribution in [2.24, 2.45) is 62.1 Å². The number of carbonyl (C=O) groups excluding carboxylic acids is 9. The van der Waals surface area contributed by atoms with Crippen molar-refractivity contribution >= 4 is 71.1 Å². The van der Waals surface area contributed by atoms with E-state index in [4.69, 9.17) is 34.4 Å². The van der Waals surface area contributed by atoms with Gasteiger partial charge in [0.15, 0.2) is 11.9 Å². The first-order chi connectivity index (χ1) is 33.0. The van der Waals surface area contributed by atoms with Gasteiger partial charge in [-0.1, -0.05) is 41.5 Å². The van der Waals surface area contributed by atoms with E-state index in [1.54, 1.807) is 27.7 Å². The van der Waals surface area contributed by atoms with Crippen molar-refractivity contribution in [2.45, 2.75) is 161 Å². The van der Waals surface area contributed by atoms with E-state index < -0.39 is 126 Å². The van der Waals surface area contributed by atoms with Gasteiger partial charge < -0.3 is 87.1 Å². The van der Waals surface area contributed by atoms with E-state index in [1.165, 1.54) is 13.8 Å². The molecule has 0 aromatic heterocycles. The van der Waals surface area contributed by atoms with Crippen molar-refractivity contribution < 1.29 is 58.2 Å². The summed E-state index contributed by atoms with van der Waals surface area (Å²) < 4.78 is 0. The number of nitrogens with one attached hydrogen (secondary N) is 8. The number of aliphatic imine (C=N–C) groups is 2. The molecule has 22 N–H and O–H groups in total. The fraction of sp³-hybridized carbons (Fsp3) is 0.721. The Morgan fingerprint density at radius 1 is 0.465 bits per heavy atom. The number of guanidine groups is 2. The highest BCUT2D eigenvalue weighted by Gasteiger charge is 2.34. The number of carbonyl (C=O) groups is 10. The molecule has 0 heterocycles. The van der Waals surface area contributed by atoms with Crippen LogP contribution < -0.4 is 76.9 Å². The van der Waals surface area contributed by atoms with Gasteiger partial charge in [0.05, 0.1) is 12.6 Å². The van der Waals surface area contributed by atoms with Crippen LogP contribution in [0.15, 0.2) is 9.98 Å². The number of hydrogen-bond donors (Lipinski definition) is 16. The summed E-state index contributed by atoms with van der Waals surface area (Å²) in [7, 11) is 0. The summed E-state index contributed by atoms with van der Waals surface area (Å²) >= 11 is 0. The second kappa shape index (κ2) is 32.9. The van der Waals surface area contributed by atoms with E-state index in [1.807, 2.05) is 13.8 Å². The predicted molar refractivity (Wildman–Crippen MR) is 261 cm³/mol. The van der Waals surface area contributed by atoms with Crippen LogP contribution in [0.5, 0.6) is 0 Å². The molecule has 0 aliphatic rings. The van der Waals surface area contributed by atoms with Gasteiger partial charge in [0.1, 0.15) is 48.3 Å². The van der Waals surface area contributed by atoms with E-state index >= 15 is 0 Å². The van der Waals surface area contributed by atoms with Gasteiger partial charge >= 0.3 is 5.97 Å². The number of primary amides is 1. The maximum atomic E-state index is 13.7. The predicted octanol–water partition coefficient (Wildman–Crippen LogP) is -5.57. The molecule has 404 valence electrons. The van der Waals surface area contributed by atoms with E-state index in [0.29, 0.717) is 6.42 Å². The molecule has 0 unspecified atom stereocenters. The molecule has 28 nitrogen and oxygen atoms in total. The maximum absolute atomic E-state index is 13.7. The number of nitrogens with zero attached hydrogens (tertiary/aromatic N) is 2. The highest BCUT2D eigenvalue weighted by Crippen LogP contribution is 2.10. The lowest BCUT2D eigenvalue weighted by molar-refractivity contribution is -0.143. The zero-order valence-corrected chi connectivity index (χ0v) is 42.0. The van der Waals surface area contributed by atoms with Gasteiger partial charge in [0.2, 0.25) is 53.2 Å². The number of amides is 9. The third-order valence-electron chi connectivity index (χ3n) is 10.4. The lowest BCUT2D eigenvalue weighted by Gasteiger charge is -2.27. The first-order valence-electron chi connectivity index (χ1n) is 23.4. The normalized spacial score (nSPS) is 14.9. The molecule has 71 heavy (non-hydrogen) atoms. The van der Waals surface area contributed by atoms with Gasteiger partial charge in [0.25, 0.3) is 0 Å². The summed E-state index contributed by atoms with van der Waals surface area (Å²) in [6, 6.07) is -12.0. The molecule has 0 rings (SSSR count). The number of aliphatic hydroxyl groups excluding tert-OH is 1. The Morgan fingerprint density at radius 3 is 1.25 bits per heavy atom. The van der Waals surface area contributed by atoms with E-state index in [9.17, 15) is 58.2 Å². The number of rotatable bonds is 34. The highest BCUT2D eigenvalue weighted by molar-refractivity contribution is 5.98. The fourth-order valence-electron chi connectivity index (χ4n) is 6.56. The van der Waals surface area contributed by atoms with Crippen molar-refractivity contribution in [1.29, 1.82) is 0 Å². The van der Waals surface area contributed by atoms with E-state index in [-0.39, 0.29) is 81.8 Å². The molecule has 0 aliphatic carbocycles. The van der Waals surface area contributed by atoms with Crippen LogP contribution in [0.4, 0.5) is 0 Å². The molecule has 9 atom stereocenters. The second-order valence-electron chi connectivity index (χ2n) is 18.3. The number of aliphatic carboxylic acids is 1. The minimum absolute atomic E-state index is 0.0407. The fourth-order valence-corrected chi connectivity index (χ4v) is 6.56. The minimum Gasteiger partial charge on any atom is -0.480 e. The average Bonchev–Trinajstić information content (AvgIpc) is 3.26. The molecule has 0 fully saturated rings. The smallest absolute Gasteiger partial charge is 0.326 e. The highest BCUT2D eigenvalue weighted by atomic mass is 16.4. The summed E-state index contributed by atoms with van der Waals surface area (Å²) in [6.45, 7) is 12.1. The summed E-state index contributed by atoms with van der Waals surface area (Å²) in [5.74, 6) is -10.1. The van der Waals surface area contributed by atoms with Gasteiger partial charge in [-0.3, -0.25) is 53.1 Å². The van der Waals surface area contributed by atoms with Gasteiger partial charge in [-0.15, -0.1) is 0 Å². The summed E-state index contributed by atoms with van der Waals surface area (Å²) in [5, 5.41) is 39.3. The Balaban J connectivity index is 6.10. The Labute approximate surface area is 413 Å². The molecule has 0 aromatic carbocycles. The number of aliphatic hydroxyl groups is 1. The quantitative estimate of drug-likeness (QED) is 0.0162. The molecule has 0 radical (unpaired) electrons. The topological polar surface area (TPSA) is 488 Å². The molecule has 28 heteroatoms. The third kappa shape index (κ3) is 26.6. The lowest BCUT2D eigenvalue weighted by atomic mass is 10.0. The lowest BCUT2D eigenvalue weighted by Crippen LogP contribution is -2.61. The molecular formula is C43H80N16O12. The van der Waals surface area contributed by atoms with E-state index in [0.717, 1.165) is 0 Å². The summed E-state index contributed by atoms with van der Waals surface area (Å²) in [4.78, 5) is 138. The summed E-state index contributed by atoms with van der Waals surface area (Å²) in [6.07, 6.45) is 0.148. The molecule has 0 aromatic rings. The largest absolute Gasteiger partial charge is 0.480 e. The molecule has 0 spiro atoms. The van der Waals surface area contributed by atoms with Crippen LogP contribution >= 0.6 is 0 Å². The Bertz CT molecular complexity index is 1870. The van der Waals surface area contributed by atoms with Crippen LogP contribution in [0.1, 0.15) is 107 Å². The van der Waals surface area contributed by atoms with Crippen molar-refractivity contribution in [3.05, 3.63) is 0 Å². The SMILES string of the molecule is CC(C)C[C@H](NC(=O)[C@H](CCC(N)=O)NC(=O)[C@H](C)NC(=O)[C@@H](NC(=O)[C@H](CO)NC(=O)[C@H](C)NC(=O)[C@H](CCCN=C(N)N)NC(=O)[C@H](CCCN=C(N)N)NC(=O)[C@@H](N)CC(C)C)C(C)C)C(=O)O. The minimum atomic E-state index is -1.67. The van der Waals surface area contributed by atoms with Crippen LogP contribution in [0, 0.1) is 17.8 Å². The number of carboxylic acid groups (broad SMARTS) is 1. The zero-order chi connectivity index (χ0) is 54.7. The molecule has 0 aliphatic heterocycles. The first-order valence-corrected chi connectivity index (χ1v) is 23.4. The van der Waals surface area contributed by atoms with Crippen LogP contribution in [0.3, 0.4) is 0 Å². The van der Waals surface area contributed by atoms with E-state index in [2.05, 4.69) is 52.5 Å². The first kappa shape index (κ1) is 64.2. The molecular weight excluding hydrogens is 933 g/mol. The van der Waals surface area contributed by atoms with Crippen molar-refractivity contribution in [3.8, 4) is 0 Å². The molecule has 0 bridgehead atoms. The van der Waals surface area contributed by atoms with Crippen LogP contribution in [-0.2, 0) is 47.9 Å². The molecule has 0 saturated carbocycles. The Morgan fingerprint density at radius 2 is 0.845 bits per heavy atom. The second-order valence-corrected chi connectivity index (χ2v) is 18.3. The summed E-state index contributed by atoms with van der Waals surface area (Å²) in [5.41, 5.74) is 33.0. The van der Waals surface area contributed by atoms with Gasteiger partial charge in [-0.05, 0) is 76.5 Å². The van der Waals surface area contributed by atoms with Crippen LogP contribution in [0.2, 0.25) is 0 Å². The van der Waals surface area contributed by atoms with Crippen LogP contribution in [0.25, 0.3) is 0 Å². The maximum Gasteiger partial charge on any atom is 0.326 e. The van der Waals surface area contributed by atoms with Crippen molar-refractivity contribution in [3.63, 3.8) is 0 Å². The zero-order valence-electron chi connectivity index (χ0n) is 42.0. The van der Waals surface area contributed by atoms with Crippen molar-refractivity contribution in [2.75, 3.05) is 19.7 Å². The molecule has 9 amide bonds. The monoisotopic (exact) mass is 1010 g/mol. The number of hydrogen-bond acceptors (Lipinski definition) is 14. The third-order valence-corrected chi connectivity index (χ3v) is 10.4. The van der Waals surface area contributed by atoms with Gasteiger partial charge in [-0.2, -0.15) is 0 Å². The molecule has 0 saturated heterocycles.